The Labute approximate surface area is 109 Å². The highest BCUT2D eigenvalue weighted by molar-refractivity contribution is 5.79. The smallest absolute Gasteiger partial charge is 0.331 e. The van der Waals surface area contributed by atoms with E-state index in [9.17, 15) is 14.4 Å². The quantitative estimate of drug-likeness (QED) is 0.810. The number of benzene rings is 1. The van der Waals surface area contributed by atoms with E-state index in [-0.39, 0.29) is 12.5 Å². The summed E-state index contributed by atoms with van der Waals surface area (Å²) in [5.41, 5.74) is 0.600. The van der Waals surface area contributed by atoms with Gasteiger partial charge in [-0.2, -0.15) is 0 Å². The summed E-state index contributed by atoms with van der Waals surface area (Å²) in [6.07, 6.45) is 0. The number of carbonyl (C=O) groups excluding carboxylic acids is 1. The van der Waals surface area contributed by atoms with Crippen molar-refractivity contribution in [3.63, 3.8) is 0 Å². The molecule has 0 spiro atoms. The predicted octanol–water partition coefficient (Wildman–Crippen LogP) is -0.245. The van der Waals surface area contributed by atoms with E-state index in [1.54, 1.807) is 25.2 Å². The Hall–Kier alpha value is -2.37. The summed E-state index contributed by atoms with van der Waals surface area (Å²) in [6.45, 7) is 1.62. The van der Waals surface area contributed by atoms with Crippen molar-refractivity contribution in [3.8, 4) is 0 Å². The van der Waals surface area contributed by atoms with Crippen LogP contribution in [0.2, 0.25) is 0 Å². The van der Waals surface area contributed by atoms with Crippen LogP contribution in [0.1, 0.15) is 5.56 Å². The Morgan fingerprint density at radius 3 is 2.63 bits per heavy atom. The van der Waals surface area contributed by atoms with Crippen molar-refractivity contribution >= 4 is 16.8 Å². The number of aromatic nitrogens is 2. The number of nitrogens with one attached hydrogen (secondary N) is 1. The number of rotatable bonds is 2. The van der Waals surface area contributed by atoms with Crippen LogP contribution < -0.4 is 16.6 Å². The second kappa shape index (κ2) is 4.72. The van der Waals surface area contributed by atoms with Crippen LogP contribution in [-0.2, 0) is 18.4 Å². The van der Waals surface area contributed by atoms with Crippen LogP contribution in [0.4, 0.5) is 0 Å². The Morgan fingerprint density at radius 1 is 1.32 bits per heavy atom. The van der Waals surface area contributed by atoms with E-state index in [1.807, 2.05) is 6.92 Å². The van der Waals surface area contributed by atoms with Crippen molar-refractivity contribution in [2.45, 2.75) is 13.5 Å². The first-order valence-corrected chi connectivity index (χ1v) is 5.86. The molecule has 0 saturated heterocycles. The molecule has 100 valence electrons. The zero-order valence-electron chi connectivity index (χ0n) is 11.1. The first kappa shape index (κ1) is 13.1. The fourth-order valence-corrected chi connectivity index (χ4v) is 1.98. The molecule has 0 aliphatic carbocycles. The van der Waals surface area contributed by atoms with Gasteiger partial charge in [0.1, 0.15) is 6.54 Å². The summed E-state index contributed by atoms with van der Waals surface area (Å²) >= 11 is 0. The average Bonchev–Trinajstić information content (AvgIpc) is 2.40. The van der Waals surface area contributed by atoms with E-state index >= 15 is 0 Å². The first-order valence-electron chi connectivity index (χ1n) is 5.86. The molecule has 1 heterocycles. The third-order valence-electron chi connectivity index (χ3n) is 3.09. The predicted molar refractivity (Wildman–Crippen MR) is 72.3 cm³/mol. The molecule has 1 aromatic carbocycles. The van der Waals surface area contributed by atoms with Gasteiger partial charge in [0.25, 0.3) is 5.56 Å². The van der Waals surface area contributed by atoms with Gasteiger partial charge in [0.2, 0.25) is 5.91 Å². The summed E-state index contributed by atoms with van der Waals surface area (Å²) in [4.78, 5) is 35.7. The zero-order chi connectivity index (χ0) is 14.2. The summed E-state index contributed by atoms with van der Waals surface area (Å²) < 4.78 is 2.32. The first-order chi connectivity index (χ1) is 8.95. The lowest BCUT2D eigenvalue weighted by atomic mass is 10.1. The molecular formula is C13H15N3O3. The van der Waals surface area contributed by atoms with Crippen molar-refractivity contribution in [2.24, 2.45) is 7.05 Å². The molecule has 0 bridgehead atoms. The highest BCUT2D eigenvalue weighted by Crippen LogP contribution is 2.09. The van der Waals surface area contributed by atoms with Crippen LogP contribution in [0.3, 0.4) is 0 Å². The van der Waals surface area contributed by atoms with Crippen molar-refractivity contribution in [2.75, 3.05) is 7.05 Å². The molecule has 0 aliphatic heterocycles. The van der Waals surface area contributed by atoms with Crippen LogP contribution in [0.5, 0.6) is 0 Å². The van der Waals surface area contributed by atoms with E-state index in [2.05, 4.69) is 5.32 Å². The van der Waals surface area contributed by atoms with Gasteiger partial charge in [-0.15, -0.1) is 0 Å². The largest absolute Gasteiger partial charge is 0.358 e. The van der Waals surface area contributed by atoms with Gasteiger partial charge in [0, 0.05) is 14.1 Å². The Bertz CT molecular complexity index is 771. The summed E-state index contributed by atoms with van der Waals surface area (Å²) in [5, 5.41) is 2.83. The minimum atomic E-state index is -0.494. The molecule has 19 heavy (non-hydrogen) atoms. The number of aryl methyl sites for hydroxylation is 2. The second-order valence-corrected chi connectivity index (χ2v) is 4.43. The van der Waals surface area contributed by atoms with Crippen LogP contribution in [0.25, 0.3) is 10.9 Å². The molecular weight excluding hydrogens is 246 g/mol. The molecule has 0 radical (unpaired) electrons. The monoisotopic (exact) mass is 261 g/mol. The maximum atomic E-state index is 12.2. The Kier molecular flexibility index (Phi) is 3.25. The Morgan fingerprint density at radius 2 is 2.00 bits per heavy atom. The molecule has 0 fully saturated rings. The molecule has 0 unspecified atom stereocenters. The van der Waals surface area contributed by atoms with Crippen molar-refractivity contribution < 1.29 is 4.79 Å². The van der Waals surface area contributed by atoms with Crippen molar-refractivity contribution in [3.05, 3.63) is 44.6 Å². The van der Waals surface area contributed by atoms with Crippen LogP contribution in [-0.4, -0.2) is 22.1 Å². The van der Waals surface area contributed by atoms with E-state index in [0.29, 0.717) is 10.9 Å². The summed E-state index contributed by atoms with van der Waals surface area (Å²) in [7, 11) is 3.05. The maximum absolute atomic E-state index is 12.2. The van der Waals surface area contributed by atoms with Crippen LogP contribution in [0.15, 0.2) is 27.8 Å². The third-order valence-corrected chi connectivity index (χ3v) is 3.09. The van der Waals surface area contributed by atoms with E-state index in [1.165, 1.54) is 11.6 Å². The van der Waals surface area contributed by atoms with Crippen LogP contribution in [0, 0.1) is 6.92 Å². The normalized spacial score (nSPS) is 10.7. The van der Waals surface area contributed by atoms with Gasteiger partial charge in [0.05, 0.1) is 10.9 Å². The van der Waals surface area contributed by atoms with Gasteiger partial charge in [-0.3, -0.25) is 18.7 Å². The van der Waals surface area contributed by atoms with Crippen LogP contribution >= 0.6 is 0 Å². The average molecular weight is 261 g/mol. The molecule has 1 aromatic heterocycles. The number of carbonyl (C=O) groups is 1. The number of hydrogen-bond donors (Lipinski definition) is 1. The standard InChI is InChI=1S/C13H15N3O3/c1-8-4-5-9-10(6-8)15(3)13(19)16(12(9)18)7-11(17)14-2/h4-6H,7H2,1-3H3,(H,14,17). The van der Waals surface area contributed by atoms with Gasteiger partial charge in [0.15, 0.2) is 0 Å². The van der Waals surface area contributed by atoms with Gasteiger partial charge in [-0.05, 0) is 24.6 Å². The highest BCUT2D eigenvalue weighted by Gasteiger charge is 2.12. The van der Waals surface area contributed by atoms with Gasteiger partial charge < -0.3 is 5.32 Å². The van der Waals surface area contributed by atoms with E-state index in [4.69, 9.17) is 0 Å². The SMILES string of the molecule is CNC(=O)Cn1c(=O)c2ccc(C)cc2n(C)c1=O. The van der Waals surface area contributed by atoms with E-state index in [0.717, 1.165) is 10.1 Å². The highest BCUT2D eigenvalue weighted by atomic mass is 16.2. The minimum Gasteiger partial charge on any atom is -0.358 e. The number of nitrogens with zero attached hydrogens (tertiary/aromatic N) is 2. The molecule has 1 amide bonds. The molecule has 0 saturated carbocycles. The molecule has 2 rings (SSSR count). The summed E-state index contributed by atoms with van der Waals surface area (Å²) in [6, 6.07) is 5.26. The molecule has 0 aliphatic rings. The third kappa shape index (κ3) is 2.16. The fourth-order valence-electron chi connectivity index (χ4n) is 1.98. The van der Waals surface area contributed by atoms with Crippen molar-refractivity contribution in [1.82, 2.24) is 14.5 Å². The molecule has 1 N–H and O–H groups in total. The van der Waals surface area contributed by atoms with Gasteiger partial charge in [-0.25, -0.2) is 4.79 Å². The number of amides is 1. The summed E-state index contributed by atoms with van der Waals surface area (Å²) in [5.74, 6) is -0.384. The molecule has 2 aromatic rings. The van der Waals surface area contributed by atoms with Crippen molar-refractivity contribution in [1.29, 1.82) is 0 Å². The molecule has 6 nitrogen and oxygen atoms in total. The van der Waals surface area contributed by atoms with Gasteiger partial charge in [-0.1, -0.05) is 6.07 Å². The lowest BCUT2D eigenvalue weighted by Crippen LogP contribution is -2.42. The molecule has 0 atom stereocenters. The minimum absolute atomic E-state index is 0.272. The number of likely N-dealkylation sites (N-methyl/N-ethyl adjacent to an activating group) is 1. The lowest BCUT2D eigenvalue weighted by molar-refractivity contribution is -0.121. The second-order valence-electron chi connectivity index (χ2n) is 4.43. The Balaban J connectivity index is 2.81. The topological polar surface area (TPSA) is 73.1 Å². The zero-order valence-corrected chi connectivity index (χ0v) is 11.1. The van der Waals surface area contributed by atoms with E-state index < -0.39 is 11.2 Å². The number of hydrogen-bond acceptors (Lipinski definition) is 3. The van der Waals surface area contributed by atoms with Gasteiger partial charge >= 0.3 is 5.69 Å². The number of fused-ring (bicyclic) bond motifs is 1. The fraction of sp³-hybridized carbons (Fsp3) is 0.308. The lowest BCUT2D eigenvalue weighted by Gasteiger charge is -2.10. The maximum Gasteiger partial charge on any atom is 0.331 e. The molecule has 6 heteroatoms.